The minimum atomic E-state index is -3.52. The Hall–Kier alpha value is -1.48. The zero-order valence-electron chi connectivity index (χ0n) is 16.9. The summed E-state index contributed by atoms with van der Waals surface area (Å²) < 4.78 is 31.9. The predicted molar refractivity (Wildman–Crippen MR) is 106 cm³/mol. The standard InChI is InChI=1S/C19H31N3O4S/c1-15(19(2,3)4)21(5)14-18(23)20-16-6-8-17(9-7-16)27(24,25)22-10-12-26-13-11-22/h6-9,15H,10-14H2,1-5H3,(H,20,23). The average molecular weight is 398 g/mol. The zero-order valence-corrected chi connectivity index (χ0v) is 17.7. The van der Waals surface area contributed by atoms with E-state index >= 15 is 0 Å². The highest BCUT2D eigenvalue weighted by atomic mass is 32.2. The number of rotatable bonds is 6. The molecule has 8 heteroatoms. The number of nitrogens with zero attached hydrogens (tertiary/aromatic N) is 2. The van der Waals surface area contributed by atoms with Crippen LogP contribution >= 0.6 is 0 Å². The lowest BCUT2D eigenvalue weighted by molar-refractivity contribution is -0.117. The predicted octanol–water partition coefficient (Wildman–Crippen LogP) is 2.01. The van der Waals surface area contributed by atoms with Crippen LogP contribution < -0.4 is 5.32 Å². The minimum Gasteiger partial charge on any atom is -0.379 e. The van der Waals surface area contributed by atoms with Gasteiger partial charge in [-0.1, -0.05) is 20.8 Å². The molecule has 1 heterocycles. The fourth-order valence-electron chi connectivity index (χ4n) is 2.87. The van der Waals surface area contributed by atoms with Gasteiger partial charge in [-0.3, -0.25) is 9.69 Å². The first kappa shape index (κ1) is 21.8. The Bertz CT molecular complexity index is 735. The summed E-state index contributed by atoms with van der Waals surface area (Å²) in [6.07, 6.45) is 0. The van der Waals surface area contributed by atoms with Crippen molar-refractivity contribution in [3.63, 3.8) is 0 Å². The number of nitrogens with one attached hydrogen (secondary N) is 1. The third kappa shape index (κ3) is 5.75. The van der Waals surface area contributed by atoms with Crippen LogP contribution in [-0.2, 0) is 19.6 Å². The molecule has 1 aromatic rings. The first-order valence-corrected chi connectivity index (χ1v) is 10.6. The fraction of sp³-hybridized carbons (Fsp3) is 0.632. The Kier molecular flexibility index (Phi) is 7.02. The number of carbonyl (C=O) groups excluding carboxylic acids is 1. The van der Waals surface area contributed by atoms with Crippen molar-refractivity contribution in [2.45, 2.75) is 38.6 Å². The fourth-order valence-corrected chi connectivity index (χ4v) is 4.28. The number of ether oxygens (including phenoxy) is 1. The highest BCUT2D eigenvalue weighted by Crippen LogP contribution is 2.23. The zero-order chi connectivity index (χ0) is 20.2. The minimum absolute atomic E-state index is 0.0739. The van der Waals surface area contributed by atoms with E-state index in [0.29, 0.717) is 32.0 Å². The van der Waals surface area contributed by atoms with E-state index in [0.717, 1.165) is 0 Å². The first-order valence-electron chi connectivity index (χ1n) is 9.20. The van der Waals surface area contributed by atoms with E-state index in [1.165, 1.54) is 16.4 Å². The number of anilines is 1. The summed E-state index contributed by atoms with van der Waals surface area (Å²) in [5.74, 6) is -0.127. The topological polar surface area (TPSA) is 79.0 Å². The van der Waals surface area contributed by atoms with Gasteiger partial charge in [0, 0.05) is 24.8 Å². The average Bonchev–Trinajstić information content (AvgIpc) is 2.61. The quantitative estimate of drug-likeness (QED) is 0.794. The second kappa shape index (κ2) is 8.68. The molecule has 0 aromatic heterocycles. The van der Waals surface area contributed by atoms with Crippen LogP contribution in [0.2, 0.25) is 0 Å². The summed E-state index contributed by atoms with van der Waals surface area (Å²) in [6, 6.07) is 6.55. The van der Waals surface area contributed by atoms with Crippen LogP contribution in [0.5, 0.6) is 0 Å². The molecule has 0 radical (unpaired) electrons. The molecule has 1 amide bonds. The van der Waals surface area contributed by atoms with Crippen molar-refractivity contribution >= 4 is 21.6 Å². The Morgan fingerprint density at radius 3 is 2.30 bits per heavy atom. The molecule has 1 fully saturated rings. The molecule has 7 nitrogen and oxygen atoms in total. The molecular formula is C19H31N3O4S. The van der Waals surface area contributed by atoms with Crippen molar-refractivity contribution in [3.05, 3.63) is 24.3 Å². The van der Waals surface area contributed by atoms with Crippen LogP contribution in [0.25, 0.3) is 0 Å². The van der Waals surface area contributed by atoms with Gasteiger partial charge in [-0.05, 0) is 43.7 Å². The molecule has 1 saturated heterocycles. The number of hydrogen-bond donors (Lipinski definition) is 1. The highest BCUT2D eigenvalue weighted by Gasteiger charge is 2.27. The van der Waals surface area contributed by atoms with Crippen LogP contribution in [0.4, 0.5) is 5.69 Å². The Balaban J connectivity index is 1.98. The summed E-state index contributed by atoms with van der Waals surface area (Å²) >= 11 is 0. The summed E-state index contributed by atoms with van der Waals surface area (Å²) in [6.45, 7) is 10.3. The maximum Gasteiger partial charge on any atom is 0.243 e. The second-order valence-electron chi connectivity index (χ2n) is 8.05. The molecule has 0 aliphatic carbocycles. The molecule has 0 saturated carbocycles. The van der Waals surface area contributed by atoms with Crippen molar-refractivity contribution < 1.29 is 17.9 Å². The van der Waals surface area contributed by atoms with Gasteiger partial charge < -0.3 is 10.1 Å². The van der Waals surface area contributed by atoms with E-state index in [9.17, 15) is 13.2 Å². The molecule has 1 aliphatic heterocycles. The molecule has 1 N–H and O–H groups in total. The van der Waals surface area contributed by atoms with E-state index in [4.69, 9.17) is 4.74 Å². The number of carbonyl (C=O) groups is 1. The maximum absolute atomic E-state index is 12.6. The molecular weight excluding hydrogens is 366 g/mol. The molecule has 0 spiro atoms. The molecule has 27 heavy (non-hydrogen) atoms. The van der Waals surface area contributed by atoms with Gasteiger partial charge in [0.15, 0.2) is 0 Å². The number of likely N-dealkylation sites (N-methyl/N-ethyl adjacent to an activating group) is 1. The summed E-state index contributed by atoms with van der Waals surface area (Å²) in [4.78, 5) is 14.5. The number of morpholine rings is 1. The van der Waals surface area contributed by atoms with Crippen LogP contribution in [0.1, 0.15) is 27.7 Å². The van der Waals surface area contributed by atoms with E-state index in [1.807, 2.05) is 11.9 Å². The third-order valence-electron chi connectivity index (χ3n) is 5.05. The van der Waals surface area contributed by atoms with Gasteiger partial charge in [-0.15, -0.1) is 0 Å². The van der Waals surface area contributed by atoms with Crippen LogP contribution in [0, 0.1) is 5.41 Å². The number of hydrogen-bond acceptors (Lipinski definition) is 5. The monoisotopic (exact) mass is 397 g/mol. The van der Waals surface area contributed by atoms with E-state index in [-0.39, 0.29) is 28.8 Å². The van der Waals surface area contributed by atoms with Crippen molar-refractivity contribution in [1.82, 2.24) is 9.21 Å². The number of amides is 1. The highest BCUT2D eigenvalue weighted by molar-refractivity contribution is 7.89. The lowest BCUT2D eigenvalue weighted by atomic mass is 9.87. The van der Waals surface area contributed by atoms with Crippen molar-refractivity contribution in [1.29, 1.82) is 0 Å². The van der Waals surface area contributed by atoms with Gasteiger partial charge in [-0.25, -0.2) is 8.42 Å². The van der Waals surface area contributed by atoms with E-state index < -0.39 is 10.0 Å². The van der Waals surface area contributed by atoms with Gasteiger partial charge in [0.25, 0.3) is 0 Å². The summed E-state index contributed by atoms with van der Waals surface area (Å²) in [7, 11) is -1.60. The maximum atomic E-state index is 12.6. The van der Waals surface area contributed by atoms with Crippen LogP contribution in [0.3, 0.4) is 0 Å². The van der Waals surface area contributed by atoms with Gasteiger partial charge in [-0.2, -0.15) is 4.31 Å². The molecule has 1 unspecified atom stereocenters. The third-order valence-corrected chi connectivity index (χ3v) is 6.97. The molecule has 1 aliphatic rings. The first-order chi connectivity index (χ1) is 12.5. The van der Waals surface area contributed by atoms with Gasteiger partial charge in [0.2, 0.25) is 15.9 Å². The van der Waals surface area contributed by atoms with E-state index in [1.54, 1.807) is 12.1 Å². The number of sulfonamides is 1. The Labute approximate surface area is 162 Å². The smallest absolute Gasteiger partial charge is 0.243 e. The summed E-state index contributed by atoms with van der Waals surface area (Å²) in [5.41, 5.74) is 0.655. The molecule has 1 aromatic carbocycles. The number of benzene rings is 1. The van der Waals surface area contributed by atoms with Crippen molar-refractivity contribution in [3.8, 4) is 0 Å². The normalized spacial score (nSPS) is 17.7. The van der Waals surface area contributed by atoms with Crippen LogP contribution in [0.15, 0.2) is 29.2 Å². The van der Waals surface area contributed by atoms with Gasteiger partial charge >= 0.3 is 0 Å². The molecule has 1 atom stereocenters. The van der Waals surface area contributed by atoms with Crippen molar-refractivity contribution in [2.24, 2.45) is 5.41 Å². The molecule has 152 valence electrons. The van der Waals surface area contributed by atoms with Crippen LogP contribution in [-0.4, -0.2) is 69.5 Å². The van der Waals surface area contributed by atoms with Crippen molar-refractivity contribution in [2.75, 3.05) is 45.2 Å². The Morgan fingerprint density at radius 2 is 1.78 bits per heavy atom. The molecule has 2 rings (SSSR count). The second-order valence-corrected chi connectivity index (χ2v) is 9.98. The Morgan fingerprint density at radius 1 is 1.22 bits per heavy atom. The lowest BCUT2D eigenvalue weighted by Crippen LogP contribution is -2.43. The largest absolute Gasteiger partial charge is 0.379 e. The van der Waals surface area contributed by atoms with E-state index in [2.05, 4.69) is 33.0 Å². The van der Waals surface area contributed by atoms with Gasteiger partial charge in [0.1, 0.15) is 0 Å². The lowest BCUT2D eigenvalue weighted by Gasteiger charge is -2.34. The SMILES string of the molecule is CC(N(C)CC(=O)Nc1ccc(S(=O)(=O)N2CCOCC2)cc1)C(C)(C)C. The molecule has 0 bridgehead atoms. The summed E-state index contributed by atoms with van der Waals surface area (Å²) in [5, 5.41) is 2.83. The van der Waals surface area contributed by atoms with Gasteiger partial charge in [0.05, 0.1) is 24.7 Å².